The number of rotatable bonds is 7. The minimum Gasteiger partial charge on any atom is -0.459 e. The average Bonchev–Trinajstić information content (AvgIpc) is 2.84. The fourth-order valence-electron chi connectivity index (χ4n) is 2.45. The minimum absolute atomic E-state index is 0.296. The Morgan fingerprint density at radius 2 is 2.10 bits per heavy atom. The van der Waals surface area contributed by atoms with Crippen LogP contribution < -0.4 is 5.32 Å². The maximum atomic E-state index is 6.11. The number of hydrogen-bond acceptors (Lipinski definition) is 3. The molecule has 1 N–H and O–H groups in total. The van der Waals surface area contributed by atoms with Gasteiger partial charge in [-0.05, 0) is 58.6 Å². The molecule has 0 aliphatic rings. The Morgan fingerprint density at radius 1 is 1.30 bits per heavy atom. The molecule has 0 aliphatic heterocycles. The maximum Gasteiger partial charge on any atom is 0.137 e. The van der Waals surface area contributed by atoms with Crippen LogP contribution in [0.25, 0.3) is 11.0 Å². The van der Waals surface area contributed by atoms with Gasteiger partial charge < -0.3 is 14.6 Å². The molecule has 1 unspecified atom stereocenters. The third-order valence-corrected chi connectivity index (χ3v) is 3.61. The molecule has 2 aromatic rings. The molecule has 0 fully saturated rings. The van der Waals surface area contributed by atoms with Crippen LogP contribution in [0.15, 0.2) is 28.7 Å². The van der Waals surface area contributed by atoms with Gasteiger partial charge in [-0.1, -0.05) is 25.1 Å². The summed E-state index contributed by atoms with van der Waals surface area (Å²) < 4.78 is 6.11. The van der Waals surface area contributed by atoms with E-state index >= 15 is 0 Å². The summed E-state index contributed by atoms with van der Waals surface area (Å²) in [6.07, 6.45) is 2.20. The lowest BCUT2D eigenvalue weighted by molar-refractivity contribution is 0.337. The van der Waals surface area contributed by atoms with Crippen molar-refractivity contribution in [2.75, 3.05) is 27.2 Å². The van der Waals surface area contributed by atoms with E-state index < -0.39 is 0 Å². The van der Waals surface area contributed by atoms with Crippen LogP contribution in [-0.2, 0) is 0 Å². The molecule has 1 aromatic carbocycles. The molecule has 0 bridgehead atoms. The molecular formula is C17H26N2O. The zero-order chi connectivity index (χ0) is 14.5. The lowest BCUT2D eigenvalue weighted by Gasteiger charge is -2.18. The summed E-state index contributed by atoms with van der Waals surface area (Å²) in [5, 5.41) is 4.80. The second-order valence-corrected chi connectivity index (χ2v) is 5.74. The van der Waals surface area contributed by atoms with Crippen molar-refractivity contribution in [3.05, 3.63) is 35.6 Å². The third-order valence-electron chi connectivity index (χ3n) is 3.61. The number of furan rings is 1. The number of nitrogens with zero attached hydrogens (tertiary/aromatic N) is 1. The predicted octanol–water partition coefficient (Wildman–Crippen LogP) is 3.73. The smallest absolute Gasteiger partial charge is 0.137 e. The molecule has 0 radical (unpaired) electrons. The van der Waals surface area contributed by atoms with Crippen molar-refractivity contribution in [3.8, 4) is 0 Å². The van der Waals surface area contributed by atoms with Gasteiger partial charge in [-0.2, -0.15) is 0 Å². The fourth-order valence-corrected chi connectivity index (χ4v) is 2.45. The molecule has 1 heterocycles. The Bertz CT molecular complexity index is 545. The highest BCUT2D eigenvalue weighted by atomic mass is 16.3. The van der Waals surface area contributed by atoms with Gasteiger partial charge in [0.2, 0.25) is 0 Å². The van der Waals surface area contributed by atoms with Gasteiger partial charge in [0.05, 0.1) is 6.04 Å². The first kappa shape index (κ1) is 15.1. The maximum absolute atomic E-state index is 6.11. The van der Waals surface area contributed by atoms with Crippen LogP contribution in [0.2, 0.25) is 0 Å². The molecule has 3 nitrogen and oxygen atoms in total. The Labute approximate surface area is 122 Å². The Kier molecular flexibility index (Phi) is 5.21. The summed E-state index contributed by atoms with van der Waals surface area (Å²) in [6.45, 7) is 6.37. The van der Waals surface area contributed by atoms with Crippen LogP contribution in [0.4, 0.5) is 0 Å². The SMILES string of the molecule is CCCNC(CCN(C)C)c1cc2cccc(C)c2o1. The summed E-state index contributed by atoms with van der Waals surface area (Å²) in [7, 11) is 4.22. The monoisotopic (exact) mass is 274 g/mol. The molecule has 1 atom stereocenters. The molecule has 0 spiro atoms. The van der Waals surface area contributed by atoms with E-state index in [9.17, 15) is 0 Å². The van der Waals surface area contributed by atoms with E-state index in [1.54, 1.807) is 0 Å². The normalized spacial score (nSPS) is 13.2. The van der Waals surface area contributed by atoms with Gasteiger partial charge >= 0.3 is 0 Å². The lowest BCUT2D eigenvalue weighted by atomic mass is 10.1. The zero-order valence-electron chi connectivity index (χ0n) is 13.1. The van der Waals surface area contributed by atoms with Crippen molar-refractivity contribution in [3.63, 3.8) is 0 Å². The number of fused-ring (bicyclic) bond motifs is 1. The van der Waals surface area contributed by atoms with E-state index in [1.807, 2.05) is 0 Å². The van der Waals surface area contributed by atoms with Gasteiger partial charge in [-0.25, -0.2) is 0 Å². The van der Waals surface area contributed by atoms with Crippen LogP contribution in [0.5, 0.6) is 0 Å². The van der Waals surface area contributed by atoms with E-state index in [-0.39, 0.29) is 0 Å². The van der Waals surface area contributed by atoms with Crippen LogP contribution in [0.3, 0.4) is 0 Å². The largest absolute Gasteiger partial charge is 0.459 e. The molecule has 0 saturated carbocycles. The van der Waals surface area contributed by atoms with Gasteiger partial charge in [0.1, 0.15) is 11.3 Å². The van der Waals surface area contributed by atoms with Crippen molar-refractivity contribution < 1.29 is 4.42 Å². The fraction of sp³-hybridized carbons (Fsp3) is 0.529. The quantitative estimate of drug-likeness (QED) is 0.834. The van der Waals surface area contributed by atoms with Crippen molar-refractivity contribution in [1.29, 1.82) is 0 Å². The van der Waals surface area contributed by atoms with Crippen molar-refractivity contribution in [2.45, 2.75) is 32.7 Å². The molecule has 0 saturated heterocycles. The lowest BCUT2D eigenvalue weighted by Crippen LogP contribution is -2.26. The number of para-hydroxylation sites is 1. The summed E-state index contributed by atoms with van der Waals surface area (Å²) in [4.78, 5) is 2.22. The van der Waals surface area contributed by atoms with Gasteiger partial charge in [0, 0.05) is 5.39 Å². The van der Waals surface area contributed by atoms with Crippen LogP contribution in [0.1, 0.15) is 37.1 Å². The highest BCUT2D eigenvalue weighted by Gasteiger charge is 2.16. The van der Waals surface area contributed by atoms with Crippen LogP contribution in [-0.4, -0.2) is 32.1 Å². The van der Waals surface area contributed by atoms with E-state index in [0.717, 1.165) is 37.3 Å². The number of hydrogen-bond donors (Lipinski definition) is 1. The molecule has 1 aromatic heterocycles. The third kappa shape index (κ3) is 3.62. The average molecular weight is 274 g/mol. The topological polar surface area (TPSA) is 28.4 Å². The van der Waals surface area contributed by atoms with Gasteiger partial charge in [-0.15, -0.1) is 0 Å². The zero-order valence-corrected chi connectivity index (χ0v) is 13.1. The predicted molar refractivity (Wildman–Crippen MR) is 85.2 cm³/mol. The van der Waals surface area contributed by atoms with Crippen LogP contribution >= 0.6 is 0 Å². The molecule has 20 heavy (non-hydrogen) atoms. The van der Waals surface area contributed by atoms with E-state index in [0.29, 0.717) is 6.04 Å². The van der Waals surface area contributed by atoms with E-state index in [1.165, 1.54) is 10.9 Å². The molecule has 0 amide bonds. The van der Waals surface area contributed by atoms with Crippen LogP contribution in [0, 0.1) is 6.92 Å². The highest BCUT2D eigenvalue weighted by Crippen LogP contribution is 2.27. The second kappa shape index (κ2) is 6.91. The number of benzene rings is 1. The molecular weight excluding hydrogens is 248 g/mol. The Balaban J connectivity index is 2.22. The molecule has 0 aliphatic carbocycles. The van der Waals surface area contributed by atoms with E-state index in [4.69, 9.17) is 4.42 Å². The van der Waals surface area contributed by atoms with Gasteiger partial charge in [0.25, 0.3) is 0 Å². The molecule has 110 valence electrons. The second-order valence-electron chi connectivity index (χ2n) is 5.74. The number of aryl methyl sites for hydroxylation is 1. The minimum atomic E-state index is 0.296. The Hall–Kier alpha value is -1.32. The van der Waals surface area contributed by atoms with Crippen molar-refractivity contribution in [2.24, 2.45) is 0 Å². The summed E-state index contributed by atoms with van der Waals surface area (Å²) in [6, 6.07) is 8.79. The highest BCUT2D eigenvalue weighted by molar-refractivity contribution is 5.80. The number of nitrogens with one attached hydrogen (secondary N) is 1. The summed E-state index contributed by atoms with van der Waals surface area (Å²) in [5.41, 5.74) is 2.23. The molecule has 3 heteroatoms. The Morgan fingerprint density at radius 3 is 2.75 bits per heavy atom. The first-order valence-corrected chi connectivity index (χ1v) is 7.49. The van der Waals surface area contributed by atoms with Crippen molar-refractivity contribution >= 4 is 11.0 Å². The molecule has 2 rings (SSSR count). The first-order valence-electron chi connectivity index (χ1n) is 7.49. The van der Waals surface area contributed by atoms with E-state index in [2.05, 4.69) is 62.4 Å². The summed E-state index contributed by atoms with van der Waals surface area (Å²) in [5.74, 6) is 1.06. The van der Waals surface area contributed by atoms with Crippen molar-refractivity contribution in [1.82, 2.24) is 10.2 Å². The van der Waals surface area contributed by atoms with Gasteiger partial charge in [0.15, 0.2) is 0 Å². The first-order chi connectivity index (χ1) is 9.61. The summed E-state index contributed by atoms with van der Waals surface area (Å²) >= 11 is 0. The standard InChI is InChI=1S/C17H26N2O/c1-5-10-18-15(9-11-19(3)4)16-12-14-8-6-7-13(2)17(14)20-16/h6-8,12,15,18H,5,9-11H2,1-4H3. The van der Waals surface area contributed by atoms with Gasteiger partial charge in [-0.3, -0.25) is 0 Å².